The largest absolute Gasteiger partial charge is 0.468 e. The predicted molar refractivity (Wildman–Crippen MR) is 45.2 cm³/mol. The monoisotopic (exact) mass is 189 g/mol. The summed E-state index contributed by atoms with van der Waals surface area (Å²) in [6.45, 7) is 2.31. The molecule has 1 saturated heterocycles. The minimum atomic E-state index is -0.392. The molecule has 76 valence electrons. The number of hydrogen-bond acceptors (Lipinski definition) is 5. The van der Waals surface area contributed by atoms with Crippen molar-refractivity contribution < 1.29 is 19.0 Å². The molecule has 1 rings (SSSR count). The number of rotatable bonds is 2. The normalized spacial score (nSPS) is 34.2. The SMILES string of the molecule is COC(=O)[C@H]1NC[C@@H](OC)O[C@@H]1C. The molecule has 5 heteroatoms. The van der Waals surface area contributed by atoms with Crippen LogP contribution >= 0.6 is 0 Å². The van der Waals surface area contributed by atoms with E-state index in [-0.39, 0.29) is 18.4 Å². The summed E-state index contributed by atoms with van der Waals surface area (Å²) in [5.74, 6) is -0.304. The quantitative estimate of drug-likeness (QED) is 0.594. The Morgan fingerprint density at radius 2 is 2.23 bits per heavy atom. The fourth-order valence-corrected chi connectivity index (χ4v) is 1.30. The van der Waals surface area contributed by atoms with E-state index in [2.05, 4.69) is 10.1 Å². The van der Waals surface area contributed by atoms with Crippen molar-refractivity contribution in [2.24, 2.45) is 0 Å². The van der Waals surface area contributed by atoms with Crippen LogP contribution in [0.4, 0.5) is 0 Å². The molecule has 1 aliphatic heterocycles. The Labute approximate surface area is 77.3 Å². The van der Waals surface area contributed by atoms with Gasteiger partial charge in [0.25, 0.3) is 0 Å². The molecule has 1 aliphatic rings. The van der Waals surface area contributed by atoms with E-state index in [0.717, 1.165) is 0 Å². The molecular weight excluding hydrogens is 174 g/mol. The van der Waals surface area contributed by atoms with Crippen LogP contribution in [0.2, 0.25) is 0 Å². The highest BCUT2D eigenvalue weighted by molar-refractivity contribution is 5.76. The van der Waals surface area contributed by atoms with Crippen molar-refractivity contribution in [3.63, 3.8) is 0 Å². The van der Waals surface area contributed by atoms with Crippen LogP contribution in [0.1, 0.15) is 6.92 Å². The smallest absolute Gasteiger partial charge is 0.325 e. The second-order valence-electron chi connectivity index (χ2n) is 2.92. The van der Waals surface area contributed by atoms with Crippen molar-refractivity contribution in [2.75, 3.05) is 20.8 Å². The third-order valence-electron chi connectivity index (χ3n) is 2.06. The minimum Gasteiger partial charge on any atom is -0.468 e. The van der Waals surface area contributed by atoms with Gasteiger partial charge < -0.3 is 14.2 Å². The zero-order chi connectivity index (χ0) is 9.84. The molecule has 0 bridgehead atoms. The molecule has 3 atom stereocenters. The van der Waals surface area contributed by atoms with E-state index in [1.807, 2.05) is 0 Å². The highest BCUT2D eigenvalue weighted by Gasteiger charge is 2.33. The van der Waals surface area contributed by atoms with Gasteiger partial charge in [0.2, 0.25) is 0 Å². The van der Waals surface area contributed by atoms with Gasteiger partial charge in [0.1, 0.15) is 6.04 Å². The number of hydrogen-bond donors (Lipinski definition) is 1. The summed E-state index contributed by atoms with van der Waals surface area (Å²) < 4.78 is 15.0. The van der Waals surface area contributed by atoms with Crippen molar-refractivity contribution in [1.29, 1.82) is 0 Å². The van der Waals surface area contributed by atoms with E-state index in [9.17, 15) is 4.79 Å². The summed E-state index contributed by atoms with van der Waals surface area (Å²) in [4.78, 5) is 11.2. The van der Waals surface area contributed by atoms with Gasteiger partial charge in [-0.3, -0.25) is 10.1 Å². The summed E-state index contributed by atoms with van der Waals surface area (Å²) in [6, 6.07) is -0.392. The summed E-state index contributed by atoms with van der Waals surface area (Å²) in [5, 5.41) is 3.00. The second-order valence-corrected chi connectivity index (χ2v) is 2.92. The van der Waals surface area contributed by atoms with Crippen LogP contribution in [-0.2, 0) is 19.0 Å². The summed E-state index contributed by atoms with van der Waals surface area (Å²) in [5.41, 5.74) is 0. The number of ether oxygens (including phenoxy) is 3. The average Bonchev–Trinajstić information content (AvgIpc) is 2.16. The molecule has 1 N–H and O–H groups in total. The van der Waals surface area contributed by atoms with E-state index in [0.29, 0.717) is 6.54 Å². The first-order valence-electron chi connectivity index (χ1n) is 4.18. The van der Waals surface area contributed by atoms with Gasteiger partial charge in [-0.2, -0.15) is 0 Å². The molecule has 0 aromatic carbocycles. The van der Waals surface area contributed by atoms with Crippen LogP contribution < -0.4 is 5.32 Å². The maximum Gasteiger partial charge on any atom is 0.325 e. The van der Waals surface area contributed by atoms with Gasteiger partial charge >= 0.3 is 5.97 Å². The third-order valence-corrected chi connectivity index (χ3v) is 2.06. The van der Waals surface area contributed by atoms with Crippen LogP contribution in [0.3, 0.4) is 0 Å². The number of methoxy groups -OCH3 is 2. The molecule has 0 saturated carbocycles. The van der Waals surface area contributed by atoms with Crippen molar-refractivity contribution in [2.45, 2.75) is 25.4 Å². The van der Waals surface area contributed by atoms with E-state index < -0.39 is 6.04 Å². The van der Waals surface area contributed by atoms with Gasteiger partial charge in [0, 0.05) is 13.7 Å². The Bertz CT molecular complexity index is 185. The third kappa shape index (κ3) is 2.40. The molecule has 0 spiro atoms. The first kappa shape index (κ1) is 10.4. The first-order chi connectivity index (χ1) is 6.19. The van der Waals surface area contributed by atoms with Gasteiger partial charge in [-0.15, -0.1) is 0 Å². The number of carbonyl (C=O) groups is 1. The molecule has 0 aliphatic carbocycles. The summed E-state index contributed by atoms with van der Waals surface area (Å²) in [6.07, 6.45) is -0.512. The Balaban J connectivity index is 2.48. The Morgan fingerprint density at radius 3 is 2.69 bits per heavy atom. The molecule has 0 amide bonds. The van der Waals surface area contributed by atoms with Gasteiger partial charge in [-0.05, 0) is 6.92 Å². The van der Waals surface area contributed by atoms with Crippen molar-refractivity contribution >= 4 is 5.97 Å². The maximum absolute atomic E-state index is 11.2. The van der Waals surface area contributed by atoms with Crippen LogP contribution in [0, 0.1) is 0 Å². The lowest BCUT2D eigenvalue weighted by atomic mass is 10.1. The van der Waals surface area contributed by atoms with Crippen LogP contribution in [-0.4, -0.2) is 45.2 Å². The fourth-order valence-electron chi connectivity index (χ4n) is 1.30. The summed E-state index contributed by atoms with van der Waals surface area (Å²) in [7, 11) is 2.93. The lowest BCUT2D eigenvalue weighted by Crippen LogP contribution is -2.55. The number of carbonyl (C=O) groups excluding carboxylic acids is 1. The topological polar surface area (TPSA) is 56.8 Å². The van der Waals surface area contributed by atoms with Gasteiger partial charge in [0.05, 0.1) is 13.2 Å². The summed E-state index contributed by atoms with van der Waals surface area (Å²) >= 11 is 0. The molecular formula is C8H15NO4. The van der Waals surface area contributed by atoms with Gasteiger partial charge in [-0.1, -0.05) is 0 Å². The van der Waals surface area contributed by atoms with E-state index >= 15 is 0 Å². The van der Waals surface area contributed by atoms with Crippen molar-refractivity contribution in [3.05, 3.63) is 0 Å². The molecule has 1 heterocycles. The highest BCUT2D eigenvalue weighted by atomic mass is 16.7. The molecule has 5 nitrogen and oxygen atoms in total. The van der Waals surface area contributed by atoms with E-state index in [1.165, 1.54) is 7.11 Å². The number of morpholine rings is 1. The Morgan fingerprint density at radius 1 is 1.54 bits per heavy atom. The molecule has 1 fully saturated rings. The van der Waals surface area contributed by atoms with Crippen LogP contribution in [0.15, 0.2) is 0 Å². The predicted octanol–water partition coefficient (Wildman–Crippen LogP) is -0.491. The Hall–Kier alpha value is -0.650. The minimum absolute atomic E-state index is 0.230. The molecule has 0 aromatic rings. The molecule has 0 radical (unpaired) electrons. The average molecular weight is 189 g/mol. The van der Waals surface area contributed by atoms with E-state index in [4.69, 9.17) is 9.47 Å². The van der Waals surface area contributed by atoms with Gasteiger partial charge in [-0.25, -0.2) is 0 Å². The number of nitrogens with one attached hydrogen (secondary N) is 1. The molecule has 0 aromatic heterocycles. The van der Waals surface area contributed by atoms with Crippen molar-refractivity contribution in [1.82, 2.24) is 5.32 Å². The molecule has 13 heavy (non-hydrogen) atoms. The zero-order valence-electron chi connectivity index (χ0n) is 8.07. The first-order valence-corrected chi connectivity index (χ1v) is 4.18. The molecule has 0 unspecified atom stereocenters. The maximum atomic E-state index is 11.2. The van der Waals surface area contributed by atoms with Crippen molar-refractivity contribution in [3.8, 4) is 0 Å². The van der Waals surface area contributed by atoms with Gasteiger partial charge in [0.15, 0.2) is 6.29 Å². The lowest BCUT2D eigenvalue weighted by molar-refractivity contribution is -0.188. The van der Waals surface area contributed by atoms with E-state index in [1.54, 1.807) is 14.0 Å². The Kier molecular flexibility index (Phi) is 3.65. The zero-order valence-corrected chi connectivity index (χ0v) is 8.07. The standard InChI is InChI=1S/C8H15NO4/c1-5-7(8(10)12-3)9-4-6(11-2)13-5/h5-7,9H,4H2,1-3H3/t5-,6+,7+/m1/s1. The lowest BCUT2D eigenvalue weighted by Gasteiger charge is -2.33. The number of esters is 1. The highest BCUT2D eigenvalue weighted by Crippen LogP contribution is 2.10. The fraction of sp³-hybridized carbons (Fsp3) is 0.875. The van der Waals surface area contributed by atoms with Crippen LogP contribution in [0.25, 0.3) is 0 Å². The second kappa shape index (κ2) is 4.55. The van der Waals surface area contributed by atoms with Crippen LogP contribution in [0.5, 0.6) is 0 Å².